The van der Waals surface area contributed by atoms with Crippen LogP contribution in [0.3, 0.4) is 0 Å². The van der Waals surface area contributed by atoms with Crippen molar-refractivity contribution in [2.45, 2.75) is 26.8 Å². The average Bonchev–Trinajstić information content (AvgIpc) is 2.45. The van der Waals surface area contributed by atoms with E-state index in [1.165, 1.54) is 13.0 Å². The van der Waals surface area contributed by atoms with Gasteiger partial charge >= 0.3 is 0 Å². The van der Waals surface area contributed by atoms with Gasteiger partial charge in [-0.15, -0.1) is 0 Å². The molecule has 1 aliphatic rings. The molecule has 1 aromatic rings. The zero-order chi connectivity index (χ0) is 10.9. The summed E-state index contributed by atoms with van der Waals surface area (Å²) in [4.78, 5) is 6.77. The fourth-order valence-corrected chi connectivity index (χ4v) is 2.17. The number of nitrogens with zero attached hydrogens (tertiary/aromatic N) is 2. The third-order valence-electron chi connectivity index (χ3n) is 2.97. The molecule has 3 heteroatoms. The summed E-state index contributed by atoms with van der Waals surface area (Å²) in [6, 6.07) is 5.85. The second kappa shape index (κ2) is 3.81. The summed E-state index contributed by atoms with van der Waals surface area (Å²) >= 11 is 0. The Labute approximate surface area is 91.3 Å². The Morgan fingerprint density at radius 1 is 1.47 bits per heavy atom. The fourth-order valence-electron chi connectivity index (χ4n) is 2.17. The Balaban J connectivity index is 1.99. The number of hydrogen-bond acceptors (Lipinski definition) is 3. The third kappa shape index (κ3) is 2.69. The number of likely N-dealkylation sites (tertiary alicyclic amines) is 1. The van der Waals surface area contributed by atoms with Crippen LogP contribution in [0.4, 0.5) is 5.82 Å². The molecule has 1 saturated heterocycles. The summed E-state index contributed by atoms with van der Waals surface area (Å²) in [6.07, 6.45) is 1.27. The molecule has 0 aromatic carbocycles. The second-order valence-corrected chi connectivity index (χ2v) is 5.18. The Kier molecular flexibility index (Phi) is 2.65. The van der Waals surface area contributed by atoms with Crippen LogP contribution in [0, 0.1) is 5.41 Å². The summed E-state index contributed by atoms with van der Waals surface area (Å²) in [6.45, 7) is 7.89. The van der Waals surface area contributed by atoms with E-state index in [0.29, 0.717) is 11.2 Å². The summed E-state index contributed by atoms with van der Waals surface area (Å²) in [5.74, 6) is 0.617. The lowest BCUT2D eigenvalue weighted by molar-refractivity contribution is 0.282. The summed E-state index contributed by atoms with van der Waals surface area (Å²) in [5, 5.41) is 0. The van der Waals surface area contributed by atoms with Gasteiger partial charge in [-0.25, -0.2) is 4.98 Å². The highest BCUT2D eigenvalue weighted by molar-refractivity contribution is 5.28. The van der Waals surface area contributed by atoms with Gasteiger partial charge in [0.05, 0.1) is 5.69 Å². The lowest BCUT2D eigenvalue weighted by atomic mass is 9.93. The standard InChI is InChI=1S/C12H19N3/c1-12(2)6-7-15(9-12)8-10-4-3-5-11(13)14-10/h3-5H,6-9H2,1-2H3,(H2,13,14). The molecular weight excluding hydrogens is 186 g/mol. The van der Waals surface area contributed by atoms with E-state index in [0.717, 1.165) is 18.8 Å². The van der Waals surface area contributed by atoms with Gasteiger partial charge in [0.2, 0.25) is 0 Å². The first-order chi connectivity index (χ1) is 7.05. The van der Waals surface area contributed by atoms with Crippen LogP contribution in [-0.4, -0.2) is 23.0 Å². The van der Waals surface area contributed by atoms with Crippen LogP contribution in [0.5, 0.6) is 0 Å². The van der Waals surface area contributed by atoms with E-state index in [9.17, 15) is 0 Å². The molecule has 3 nitrogen and oxygen atoms in total. The first-order valence-corrected chi connectivity index (χ1v) is 5.49. The van der Waals surface area contributed by atoms with E-state index >= 15 is 0 Å². The molecule has 82 valence electrons. The molecule has 0 amide bonds. The SMILES string of the molecule is CC1(C)CCN(Cc2cccc(N)n2)C1. The molecule has 0 radical (unpaired) electrons. The molecule has 2 rings (SSSR count). The maximum Gasteiger partial charge on any atom is 0.123 e. The predicted molar refractivity (Wildman–Crippen MR) is 62.3 cm³/mol. The van der Waals surface area contributed by atoms with E-state index in [4.69, 9.17) is 5.73 Å². The lowest BCUT2D eigenvalue weighted by Gasteiger charge is -2.19. The Hall–Kier alpha value is -1.09. The van der Waals surface area contributed by atoms with Crippen molar-refractivity contribution < 1.29 is 0 Å². The highest BCUT2D eigenvalue weighted by Crippen LogP contribution is 2.29. The van der Waals surface area contributed by atoms with E-state index in [1.54, 1.807) is 0 Å². The van der Waals surface area contributed by atoms with Crippen molar-refractivity contribution in [3.63, 3.8) is 0 Å². The van der Waals surface area contributed by atoms with Crippen molar-refractivity contribution in [1.29, 1.82) is 0 Å². The Bertz CT molecular complexity index is 346. The fraction of sp³-hybridized carbons (Fsp3) is 0.583. The van der Waals surface area contributed by atoms with Gasteiger partial charge in [-0.05, 0) is 30.5 Å². The van der Waals surface area contributed by atoms with Crippen LogP contribution < -0.4 is 5.73 Å². The van der Waals surface area contributed by atoms with Gasteiger partial charge in [-0.1, -0.05) is 19.9 Å². The molecule has 2 N–H and O–H groups in total. The summed E-state index contributed by atoms with van der Waals surface area (Å²) < 4.78 is 0. The molecular formula is C12H19N3. The largest absolute Gasteiger partial charge is 0.384 e. The smallest absolute Gasteiger partial charge is 0.123 e. The first kappa shape index (κ1) is 10.4. The van der Waals surface area contributed by atoms with E-state index in [1.807, 2.05) is 18.2 Å². The highest BCUT2D eigenvalue weighted by atomic mass is 15.2. The molecule has 0 aliphatic carbocycles. The van der Waals surface area contributed by atoms with Gasteiger partial charge in [-0.3, -0.25) is 4.90 Å². The number of hydrogen-bond donors (Lipinski definition) is 1. The maximum atomic E-state index is 5.66. The first-order valence-electron chi connectivity index (χ1n) is 5.49. The molecule has 0 unspecified atom stereocenters. The average molecular weight is 205 g/mol. The van der Waals surface area contributed by atoms with Gasteiger partial charge in [-0.2, -0.15) is 0 Å². The number of aromatic nitrogens is 1. The maximum absolute atomic E-state index is 5.66. The van der Waals surface area contributed by atoms with Crippen LogP contribution in [0.15, 0.2) is 18.2 Å². The van der Waals surface area contributed by atoms with E-state index < -0.39 is 0 Å². The molecule has 15 heavy (non-hydrogen) atoms. The minimum absolute atomic E-state index is 0.459. The van der Waals surface area contributed by atoms with Crippen molar-refractivity contribution >= 4 is 5.82 Å². The third-order valence-corrected chi connectivity index (χ3v) is 2.97. The second-order valence-electron chi connectivity index (χ2n) is 5.18. The molecule has 0 saturated carbocycles. The summed E-state index contributed by atoms with van der Waals surface area (Å²) in [7, 11) is 0. The highest BCUT2D eigenvalue weighted by Gasteiger charge is 2.28. The summed E-state index contributed by atoms with van der Waals surface area (Å²) in [5.41, 5.74) is 7.19. The van der Waals surface area contributed by atoms with Gasteiger partial charge in [0.1, 0.15) is 5.82 Å². The topological polar surface area (TPSA) is 42.1 Å². The quantitative estimate of drug-likeness (QED) is 0.801. The number of pyridine rings is 1. The zero-order valence-corrected chi connectivity index (χ0v) is 9.53. The zero-order valence-electron chi connectivity index (χ0n) is 9.53. The monoisotopic (exact) mass is 205 g/mol. The van der Waals surface area contributed by atoms with Crippen molar-refractivity contribution in [2.75, 3.05) is 18.8 Å². The number of nitrogens with two attached hydrogens (primary N) is 1. The van der Waals surface area contributed by atoms with Gasteiger partial charge in [0, 0.05) is 13.1 Å². The van der Waals surface area contributed by atoms with Crippen molar-refractivity contribution in [3.05, 3.63) is 23.9 Å². The molecule has 0 atom stereocenters. The van der Waals surface area contributed by atoms with E-state index in [2.05, 4.69) is 23.7 Å². The molecule has 0 spiro atoms. The molecule has 1 aromatic heterocycles. The van der Waals surface area contributed by atoms with Crippen LogP contribution in [-0.2, 0) is 6.54 Å². The molecule has 1 fully saturated rings. The Morgan fingerprint density at radius 2 is 2.27 bits per heavy atom. The lowest BCUT2D eigenvalue weighted by Crippen LogP contribution is -2.23. The number of rotatable bonds is 2. The van der Waals surface area contributed by atoms with Crippen molar-refractivity contribution in [3.8, 4) is 0 Å². The minimum Gasteiger partial charge on any atom is -0.384 e. The normalized spacial score (nSPS) is 20.7. The van der Waals surface area contributed by atoms with Gasteiger partial charge < -0.3 is 5.73 Å². The molecule has 1 aliphatic heterocycles. The van der Waals surface area contributed by atoms with E-state index in [-0.39, 0.29) is 0 Å². The van der Waals surface area contributed by atoms with Crippen molar-refractivity contribution in [1.82, 2.24) is 9.88 Å². The van der Waals surface area contributed by atoms with Crippen LogP contribution in [0.25, 0.3) is 0 Å². The molecule has 2 heterocycles. The number of nitrogen functional groups attached to an aromatic ring is 1. The van der Waals surface area contributed by atoms with Crippen LogP contribution >= 0.6 is 0 Å². The minimum atomic E-state index is 0.459. The predicted octanol–water partition coefficient (Wildman–Crippen LogP) is 1.90. The van der Waals surface area contributed by atoms with Crippen LogP contribution in [0.2, 0.25) is 0 Å². The van der Waals surface area contributed by atoms with Gasteiger partial charge in [0.25, 0.3) is 0 Å². The molecule has 0 bridgehead atoms. The Morgan fingerprint density at radius 3 is 2.87 bits per heavy atom. The number of anilines is 1. The van der Waals surface area contributed by atoms with Gasteiger partial charge in [0.15, 0.2) is 0 Å². The van der Waals surface area contributed by atoms with Crippen molar-refractivity contribution in [2.24, 2.45) is 5.41 Å². The van der Waals surface area contributed by atoms with Crippen LogP contribution in [0.1, 0.15) is 26.0 Å².